The van der Waals surface area contributed by atoms with Gasteiger partial charge in [-0.3, -0.25) is 4.79 Å². The Balaban J connectivity index is 2.27. The molecule has 4 heteroatoms. The Morgan fingerprint density at radius 3 is 2.88 bits per heavy atom. The average Bonchev–Trinajstić information content (AvgIpc) is 2.98. The second kappa shape index (κ2) is 3.32. The van der Waals surface area contributed by atoms with Crippen molar-refractivity contribution < 1.29 is 9.21 Å². The summed E-state index contributed by atoms with van der Waals surface area (Å²) >= 11 is 5.94. The van der Waals surface area contributed by atoms with Crippen LogP contribution in [0.4, 0.5) is 0 Å². The van der Waals surface area contributed by atoms with Gasteiger partial charge in [-0.05, 0) is 31.9 Å². The Morgan fingerprint density at radius 1 is 1.50 bits per heavy atom. The van der Waals surface area contributed by atoms with Crippen LogP contribution in [0.3, 0.4) is 0 Å². The van der Waals surface area contributed by atoms with Gasteiger partial charge in [0.25, 0.3) is 0 Å². The fourth-order valence-corrected chi connectivity index (χ4v) is 1.99. The molecule has 1 fully saturated rings. The van der Waals surface area contributed by atoms with E-state index in [1.54, 1.807) is 12.1 Å². The van der Waals surface area contributed by atoms with Crippen LogP contribution in [0.2, 0.25) is 5.02 Å². The molecule has 0 N–H and O–H groups in total. The van der Waals surface area contributed by atoms with Crippen LogP contribution in [0.25, 0.3) is 11.1 Å². The molecule has 3 nitrogen and oxygen atoms in total. The van der Waals surface area contributed by atoms with E-state index in [1.807, 2.05) is 0 Å². The number of ketones is 1. The van der Waals surface area contributed by atoms with E-state index in [9.17, 15) is 4.79 Å². The van der Waals surface area contributed by atoms with Gasteiger partial charge in [0.05, 0.1) is 5.56 Å². The van der Waals surface area contributed by atoms with Crippen molar-refractivity contribution in [3.05, 3.63) is 28.6 Å². The lowest BCUT2D eigenvalue weighted by molar-refractivity contribution is 0.101. The first-order valence-electron chi connectivity index (χ1n) is 5.26. The van der Waals surface area contributed by atoms with Crippen LogP contribution >= 0.6 is 11.6 Å². The van der Waals surface area contributed by atoms with Crippen molar-refractivity contribution in [3.8, 4) is 0 Å². The molecule has 0 spiro atoms. The third-order valence-corrected chi connectivity index (χ3v) is 3.00. The number of Topliss-reactive ketones (excluding diaryl/α,β-unsaturated/α-hetero) is 1. The summed E-state index contributed by atoms with van der Waals surface area (Å²) < 4.78 is 5.65. The SMILES string of the molecule is CC(=O)c1cc(Cl)cc2nc(C3CC3)oc12. The van der Waals surface area contributed by atoms with Crippen molar-refractivity contribution in [2.45, 2.75) is 25.7 Å². The fourth-order valence-electron chi connectivity index (χ4n) is 1.78. The number of hydrogen-bond acceptors (Lipinski definition) is 3. The second-order valence-corrected chi connectivity index (χ2v) is 4.62. The van der Waals surface area contributed by atoms with Gasteiger partial charge in [0.2, 0.25) is 0 Å². The molecule has 1 aliphatic carbocycles. The number of rotatable bonds is 2. The highest BCUT2D eigenvalue weighted by atomic mass is 35.5. The number of benzene rings is 1. The summed E-state index contributed by atoms with van der Waals surface area (Å²) in [5.74, 6) is 1.12. The maximum Gasteiger partial charge on any atom is 0.198 e. The molecule has 0 aliphatic heterocycles. The van der Waals surface area contributed by atoms with Crippen LogP contribution in [0.15, 0.2) is 16.5 Å². The minimum atomic E-state index is -0.0500. The van der Waals surface area contributed by atoms with Crippen molar-refractivity contribution in [1.82, 2.24) is 4.98 Å². The Bertz CT molecular complexity index is 584. The van der Waals surface area contributed by atoms with E-state index in [0.717, 1.165) is 18.7 Å². The summed E-state index contributed by atoms with van der Waals surface area (Å²) in [6, 6.07) is 3.37. The molecule has 16 heavy (non-hydrogen) atoms. The minimum Gasteiger partial charge on any atom is -0.440 e. The van der Waals surface area contributed by atoms with Crippen LogP contribution in [0.5, 0.6) is 0 Å². The molecule has 1 aromatic carbocycles. The van der Waals surface area contributed by atoms with E-state index in [-0.39, 0.29) is 5.78 Å². The Kier molecular flexibility index (Phi) is 2.04. The predicted molar refractivity (Wildman–Crippen MR) is 61.0 cm³/mol. The fraction of sp³-hybridized carbons (Fsp3) is 0.333. The van der Waals surface area contributed by atoms with Gasteiger partial charge in [-0.25, -0.2) is 4.98 Å². The summed E-state index contributed by atoms with van der Waals surface area (Å²) in [6.45, 7) is 1.50. The van der Waals surface area contributed by atoms with Gasteiger partial charge in [-0.15, -0.1) is 0 Å². The monoisotopic (exact) mass is 235 g/mol. The molecule has 3 rings (SSSR count). The summed E-state index contributed by atoms with van der Waals surface area (Å²) in [4.78, 5) is 15.8. The smallest absolute Gasteiger partial charge is 0.198 e. The number of hydrogen-bond donors (Lipinski definition) is 0. The maximum absolute atomic E-state index is 11.5. The lowest BCUT2D eigenvalue weighted by Gasteiger charge is -1.96. The Morgan fingerprint density at radius 2 is 2.25 bits per heavy atom. The largest absolute Gasteiger partial charge is 0.440 e. The van der Waals surface area contributed by atoms with E-state index in [2.05, 4.69) is 4.98 Å². The van der Waals surface area contributed by atoms with Crippen molar-refractivity contribution >= 4 is 28.5 Å². The van der Waals surface area contributed by atoms with Gasteiger partial charge < -0.3 is 4.42 Å². The molecule has 1 aromatic heterocycles. The van der Waals surface area contributed by atoms with E-state index in [0.29, 0.717) is 27.6 Å². The zero-order valence-corrected chi connectivity index (χ0v) is 9.54. The molecule has 0 unspecified atom stereocenters. The third-order valence-electron chi connectivity index (χ3n) is 2.78. The molecular formula is C12H10ClNO2. The van der Waals surface area contributed by atoms with Crippen LogP contribution in [0.1, 0.15) is 41.9 Å². The number of fused-ring (bicyclic) bond motifs is 1. The summed E-state index contributed by atoms with van der Waals surface area (Å²) in [6.07, 6.45) is 2.24. The highest BCUT2D eigenvalue weighted by Gasteiger charge is 2.29. The van der Waals surface area contributed by atoms with Gasteiger partial charge >= 0.3 is 0 Å². The van der Waals surface area contributed by atoms with Gasteiger partial charge in [-0.2, -0.15) is 0 Å². The number of oxazole rings is 1. The Hall–Kier alpha value is -1.35. The molecule has 82 valence electrons. The number of aromatic nitrogens is 1. The molecular weight excluding hydrogens is 226 g/mol. The lowest BCUT2D eigenvalue weighted by atomic mass is 10.1. The molecule has 1 saturated carbocycles. The normalized spacial score (nSPS) is 15.6. The van der Waals surface area contributed by atoms with E-state index in [1.165, 1.54) is 6.92 Å². The van der Waals surface area contributed by atoms with Crippen LogP contribution in [0, 0.1) is 0 Å². The topological polar surface area (TPSA) is 43.1 Å². The molecule has 0 atom stereocenters. The average molecular weight is 236 g/mol. The van der Waals surface area contributed by atoms with Crippen molar-refractivity contribution in [1.29, 1.82) is 0 Å². The van der Waals surface area contributed by atoms with E-state index in [4.69, 9.17) is 16.0 Å². The zero-order valence-electron chi connectivity index (χ0n) is 8.79. The maximum atomic E-state index is 11.5. The van der Waals surface area contributed by atoms with Gasteiger partial charge in [0.1, 0.15) is 5.52 Å². The molecule has 1 aliphatic rings. The molecule has 0 saturated heterocycles. The van der Waals surface area contributed by atoms with Gasteiger partial charge in [0.15, 0.2) is 17.3 Å². The highest BCUT2D eigenvalue weighted by Crippen LogP contribution is 2.41. The first-order chi connectivity index (χ1) is 7.65. The molecule has 0 radical (unpaired) electrons. The molecule has 1 heterocycles. The predicted octanol–water partition coefficient (Wildman–Crippen LogP) is 3.56. The van der Waals surface area contributed by atoms with Crippen LogP contribution in [-0.2, 0) is 0 Å². The highest BCUT2D eigenvalue weighted by molar-refractivity contribution is 6.32. The van der Waals surface area contributed by atoms with Crippen LogP contribution < -0.4 is 0 Å². The first kappa shape index (κ1) is 9.85. The van der Waals surface area contributed by atoms with Crippen molar-refractivity contribution in [3.63, 3.8) is 0 Å². The minimum absolute atomic E-state index is 0.0500. The molecule has 0 amide bonds. The Labute approximate surface area is 97.4 Å². The molecule has 0 bridgehead atoms. The number of carbonyl (C=O) groups excluding carboxylic acids is 1. The van der Waals surface area contributed by atoms with Gasteiger partial charge in [-0.1, -0.05) is 11.6 Å². The van der Waals surface area contributed by atoms with Crippen LogP contribution in [-0.4, -0.2) is 10.8 Å². The summed E-state index contributed by atoms with van der Waals surface area (Å²) in [5, 5.41) is 0.522. The summed E-state index contributed by atoms with van der Waals surface area (Å²) in [7, 11) is 0. The first-order valence-corrected chi connectivity index (χ1v) is 5.64. The quantitative estimate of drug-likeness (QED) is 0.748. The van der Waals surface area contributed by atoms with E-state index < -0.39 is 0 Å². The second-order valence-electron chi connectivity index (χ2n) is 4.18. The summed E-state index contributed by atoms with van der Waals surface area (Å²) in [5.41, 5.74) is 1.76. The lowest BCUT2D eigenvalue weighted by Crippen LogP contribution is -1.92. The third kappa shape index (κ3) is 1.52. The standard InChI is InChI=1S/C12H10ClNO2/c1-6(15)9-4-8(13)5-10-11(9)16-12(14-10)7-2-3-7/h4-5,7H,2-3H2,1H3. The number of nitrogens with zero attached hydrogens (tertiary/aromatic N) is 1. The molecule has 2 aromatic rings. The number of carbonyl (C=O) groups is 1. The van der Waals surface area contributed by atoms with Crippen molar-refractivity contribution in [2.24, 2.45) is 0 Å². The number of halogens is 1. The van der Waals surface area contributed by atoms with E-state index >= 15 is 0 Å². The zero-order chi connectivity index (χ0) is 11.3. The van der Waals surface area contributed by atoms with Gasteiger partial charge in [0, 0.05) is 10.9 Å². The van der Waals surface area contributed by atoms with Crippen molar-refractivity contribution in [2.75, 3.05) is 0 Å².